The van der Waals surface area contributed by atoms with Crippen LogP contribution in [0.5, 0.6) is 0 Å². The van der Waals surface area contributed by atoms with Gasteiger partial charge in [0.05, 0.1) is 31.7 Å². The highest BCUT2D eigenvalue weighted by atomic mass is 33.1. The number of ketones is 1. The third-order valence-corrected chi connectivity index (χ3v) is 4.40. The van der Waals surface area contributed by atoms with Gasteiger partial charge in [-0.15, -0.1) is 11.7 Å². The van der Waals surface area contributed by atoms with Crippen molar-refractivity contribution < 1.29 is 19.0 Å². The molecule has 22 heavy (non-hydrogen) atoms. The Morgan fingerprint density at radius 1 is 1.00 bits per heavy atom. The van der Waals surface area contributed by atoms with Crippen molar-refractivity contribution in [3.63, 3.8) is 0 Å². The lowest BCUT2D eigenvalue weighted by atomic mass is 10.3. The molecule has 0 bridgehead atoms. The van der Waals surface area contributed by atoms with Crippen LogP contribution in [-0.4, -0.2) is 63.3 Å². The highest BCUT2D eigenvalue weighted by Crippen LogP contribution is 2.14. The molecule has 5 nitrogen and oxygen atoms in total. The van der Waals surface area contributed by atoms with E-state index in [1.807, 2.05) is 6.92 Å². The molecular weight excluding hydrogens is 322 g/mol. The molecule has 132 valence electrons. The molecule has 0 aliphatic carbocycles. The van der Waals surface area contributed by atoms with Crippen LogP contribution < -0.4 is 5.32 Å². The number of thiol groups is 1. The summed E-state index contributed by atoms with van der Waals surface area (Å²) in [6.45, 7) is 10.1. The Hall–Kier alpha value is 0.210. The maximum absolute atomic E-state index is 11.4. The van der Waals surface area contributed by atoms with Crippen molar-refractivity contribution >= 4 is 28.2 Å². The standard InChI is InChI=1S/C15H31NO4S2/c1-13(2)16-6-4-5-7-18-8-9-19-10-11-20-12-15(17)14(3)22-21/h13-14,16,21H,4-12H2,1-3H3. The minimum Gasteiger partial charge on any atom is -0.379 e. The third kappa shape index (κ3) is 15.1. The van der Waals surface area contributed by atoms with Gasteiger partial charge in [-0.05, 0) is 26.3 Å². The van der Waals surface area contributed by atoms with Crippen LogP contribution in [0.4, 0.5) is 0 Å². The van der Waals surface area contributed by atoms with Gasteiger partial charge in [0, 0.05) is 12.6 Å². The lowest BCUT2D eigenvalue weighted by Gasteiger charge is -2.09. The zero-order chi connectivity index (χ0) is 16.6. The van der Waals surface area contributed by atoms with E-state index in [0.29, 0.717) is 32.5 Å². The zero-order valence-corrected chi connectivity index (χ0v) is 15.7. The normalized spacial score (nSPS) is 12.8. The Morgan fingerprint density at radius 3 is 2.18 bits per heavy atom. The van der Waals surface area contributed by atoms with Crippen LogP contribution in [0.15, 0.2) is 0 Å². The van der Waals surface area contributed by atoms with E-state index in [2.05, 4.69) is 30.8 Å². The number of carbonyl (C=O) groups excluding carboxylic acids is 1. The van der Waals surface area contributed by atoms with E-state index in [1.54, 1.807) is 0 Å². The van der Waals surface area contributed by atoms with Gasteiger partial charge in [-0.1, -0.05) is 24.6 Å². The number of ether oxygens (including phenoxy) is 3. The van der Waals surface area contributed by atoms with Crippen LogP contribution in [0, 0.1) is 0 Å². The van der Waals surface area contributed by atoms with Crippen molar-refractivity contribution in [2.45, 2.75) is 44.9 Å². The van der Waals surface area contributed by atoms with Crippen LogP contribution in [0.1, 0.15) is 33.6 Å². The number of hydrogen-bond acceptors (Lipinski definition) is 7. The summed E-state index contributed by atoms with van der Waals surface area (Å²) >= 11 is 4.00. The zero-order valence-electron chi connectivity index (χ0n) is 14.0. The molecule has 0 saturated heterocycles. The largest absolute Gasteiger partial charge is 0.379 e. The molecule has 0 amide bonds. The average molecular weight is 354 g/mol. The second-order valence-corrected chi connectivity index (χ2v) is 6.86. The van der Waals surface area contributed by atoms with E-state index in [-0.39, 0.29) is 17.6 Å². The molecule has 0 aliphatic heterocycles. The number of Topliss-reactive ketones (excluding diaryl/α,β-unsaturated/α-hetero) is 1. The summed E-state index contributed by atoms with van der Waals surface area (Å²) in [7, 11) is 1.23. The van der Waals surface area contributed by atoms with Crippen molar-refractivity contribution in [1.82, 2.24) is 5.32 Å². The van der Waals surface area contributed by atoms with Crippen LogP contribution in [-0.2, 0) is 19.0 Å². The molecule has 0 spiro atoms. The second kappa shape index (κ2) is 16.1. The minimum absolute atomic E-state index is 0.0512. The highest BCUT2D eigenvalue weighted by Gasteiger charge is 2.11. The first-order valence-corrected chi connectivity index (χ1v) is 9.80. The molecule has 0 saturated carbocycles. The molecule has 1 N–H and O–H groups in total. The summed E-state index contributed by atoms with van der Waals surface area (Å²) in [4.78, 5) is 11.4. The fraction of sp³-hybridized carbons (Fsp3) is 0.933. The van der Waals surface area contributed by atoms with E-state index < -0.39 is 0 Å². The van der Waals surface area contributed by atoms with Crippen LogP contribution >= 0.6 is 22.5 Å². The Labute approximate surface area is 144 Å². The number of hydrogen-bond donors (Lipinski definition) is 2. The van der Waals surface area contributed by atoms with Gasteiger partial charge in [-0.2, -0.15) is 0 Å². The number of rotatable bonds is 16. The molecule has 0 fully saturated rings. The summed E-state index contributed by atoms with van der Waals surface area (Å²) in [5.74, 6) is 0.0512. The third-order valence-electron chi connectivity index (χ3n) is 2.87. The van der Waals surface area contributed by atoms with Gasteiger partial charge >= 0.3 is 0 Å². The Bertz CT molecular complexity index is 268. The van der Waals surface area contributed by atoms with Gasteiger partial charge in [0.15, 0.2) is 5.78 Å². The van der Waals surface area contributed by atoms with Gasteiger partial charge in [-0.3, -0.25) is 4.79 Å². The fourth-order valence-corrected chi connectivity index (χ4v) is 2.05. The Kier molecular flexibility index (Phi) is 16.2. The molecule has 0 aromatic carbocycles. The number of unbranched alkanes of at least 4 members (excludes halogenated alkanes) is 1. The van der Waals surface area contributed by atoms with E-state index >= 15 is 0 Å². The van der Waals surface area contributed by atoms with E-state index in [1.165, 1.54) is 10.8 Å². The van der Waals surface area contributed by atoms with Crippen molar-refractivity contribution in [2.75, 3.05) is 46.2 Å². The summed E-state index contributed by atoms with van der Waals surface area (Å²) in [5.41, 5.74) is 0. The molecule has 1 atom stereocenters. The minimum atomic E-state index is -0.131. The molecule has 0 heterocycles. The summed E-state index contributed by atoms with van der Waals surface area (Å²) < 4.78 is 16.1. The molecule has 0 aliphatic rings. The van der Waals surface area contributed by atoms with Crippen molar-refractivity contribution in [2.24, 2.45) is 0 Å². The quantitative estimate of drug-likeness (QED) is 0.252. The predicted molar refractivity (Wildman–Crippen MR) is 95.9 cm³/mol. The maximum Gasteiger partial charge on any atom is 0.171 e. The lowest BCUT2D eigenvalue weighted by molar-refractivity contribution is -0.123. The summed E-state index contributed by atoms with van der Waals surface area (Å²) in [6, 6.07) is 0.548. The predicted octanol–water partition coefficient (Wildman–Crippen LogP) is 2.35. The van der Waals surface area contributed by atoms with Gasteiger partial charge in [-0.25, -0.2) is 0 Å². The summed E-state index contributed by atoms with van der Waals surface area (Å²) in [6.07, 6.45) is 2.19. The number of nitrogens with one attached hydrogen (secondary N) is 1. The smallest absolute Gasteiger partial charge is 0.171 e. The molecule has 7 heteroatoms. The molecule has 1 unspecified atom stereocenters. The van der Waals surface area contributed by atoms with Crippen molar-refractivity contribution in [1.29, 1.82) is 0 Å². The topological polar surface area (TPSA) is 56.8 Å². The number of carbonyl (C=O) groups is 1. The van der Waals surface area contributed by atoms with Crippen molar-refractivity contribution in [3.8, 4) is 0 Å². The molecule has 0 aromatic heterocycles. The first-order valence-electron chi connectivity index (χ1n) is 7.87. The highest BCUT2D eigenvalue weighted by molar-refractivity contribution is 8.69. The first kappa shape index (κ1) is 22.2. The Morgan fingerprint density at radius 2 is 1.59 bits per heavy atom. The second-order valence-electron chi connectivity index (χ2n) is 5.31. The average Bonchev–Trinajstić information content (AvgIpc) is 2.50. The van der Waals surface area contributed by atoms with Gasteiger partial charge in [0.1, 0.15) is 6.61 Å². The maximum atomic E-state index is 11.4. The molecule has 0 rings (SSSR count). The molecule has 0 aromatic rings. The van der Waals surface area contributed by atoms with Crippen LogP contribution in [0.2, 0.25) is 0 Å². The van der Waals surface area contributed by atoms with E-state index in [9.17, 15) is 4.79 Å². The SMILES string of the molecule is CC(C)NCCCCOCCOCCOCC(=O)C(C)SS. The van der Waals surface area contributed by atoms with Crippen molar-refractivity contribution in [3.05, 3.63) is 0 Å². The van der Waals surface area contributed by atoms with Gasteiger partial charge in [0.2, 0.25) is 0 Å². The lowest BCUT2D eigenvalue weighted by Crippen LogP contribution is -2.23. The molecular formula is C15H31NO4S2. The van der Waals surface area contributed by atoms with Gasteiger partial charge in [0.25, 0.3) is 0 Å². The monoisotopic (exact) mass is 353 g/mol. The van der Waals surface area contributed by atoms with E-state index in [4.69, 9.17) is 14.2 Å². The summed E-state index contributed by atoms with van der Waals surface area (Å²) in [5, 5.41) is 3.24. The molecule has 0 radical (unpaired) electrons. The fourth-order valence-electron chi connectivity index (χ4n) is 1.51. The van der Waals surface area contributed by atoms with Gasteiger partial charge < -0.3 is 19.5 Å². The van der Waals surface area contributed by atoms with E-state index in [0.717, 1.165) is 26.0 Å². The van der Waals surface area contributed by atoms with Crippen LogP contribution in [0.3, 0.4) is 0 Å². The first-order chi connectivity index (χ1) is 10.6. The Balaban J connectivity index is 3.13. The van der Waals surface area contributed by atoms with Crippen LogP contribution in [0.25, 0.3) is 0 Å².